The van der Waals surface area contributed by atoms with Gasteiger partial charge in [0, 0.05) is 54.9 Å². The molecule has 2 aliphatic rings. The van der Waals surface area contributed by atoms with Crippen molar-refractivity contribution >= 4 is 47.3 Å². The van der Waals surface area contributed by atoms with E-state index in [-0.39, 0.29) is 30.7 Å². The summed E-state index contributed by atoms with van der Waals surface area (Å²) in [5.74, 6) is 0.0578. The molecule has 4 rings (SSSR count). The largest absolute Gasteiger partial charge is 0.381 e. The maximum absolute atomic E-state index is 12.7. The number of amides is 1. The molecule has 1 aromatic heterocycles. The number of carbonyl (C=O) groups is 1. The Bertz CT molecular complexity index is 790. The molecule has 8 heteroatoms. The van der Waals surface area contributed by atoms with E-state index in [2.05, 4.69) is 47.2 Å². The van der Waals surface area contributed by atoms with E-state index < -0.39 is 0 Å². The SMILES string of the molecule is CC(C)N1CCC(Nc2ccc3[nH]c(C(=O)N4CCOCC4)cc3c2)C1.Cl.Cl. The van der Waals surface area contributed by atoms with Gasteiger partial charge in [0.2, 0.25) is 0 Å². The molecule has 2 N–H and O–H groups in total. The minimum atomic E-state index is 0. The number of rotatable bonds is 4. The van der Waals surface area contributed by atoms with Crippen molar-refractivity contribution in [2.75, 3.05) is 44.7 Å². The van der Waals surface area contributed by atoms with Crippen LogP contribution in [0.3, 0.4) is 0 Å². The monoisotopic (exact) mass is 428 g/mol. The molecule has 2 aromatic rings. The van der Waals surface area contributed by atoms with Crippen LogP contribution in [0.15, 0.2) is 24.3 Å². The number of benzene rings is 1. The van der Waals surface area contributed by atoms with E-state index in [9.17, 15) is 4.79 Å². The highest BCUT2D eigenvalue weighted by Crippen LogP contribution is 2.23. The molecule has 2 saturated heterocycles. The van der Waals surface area contributed by atoms with Crippen molar-refractivity contribution in [2.24, 2.45) is 0 Å². The Morgan fingerprint density at radius 3 is 2.61 bits per heavy atom. The van der Waals surface area contributed by atoms with Gasteiger partial charge >= 0.3 is 0 Å². The molecular weight excluding hydrogens is 399 g/mol. The predicted molar refractivity (Wildman–Crippen MR) is 118 cm³/mol. The minimum absolute atomic E-state index is 0. The number of aromatic amines is 1. The molecule has 0 aliphatic carbocycles. The van der Waals surface area contributed by atoms with Crippen LogP contribution in [0.5, 0.6) is 0 Å². The highest BCUT2D eigenvalue weighted by Gasteiger charge is 2.24. The summed E-state index contributed by atoms with van der Waals surface area (Å²) >= 11 is 0. The number of halogens is 2. The van der Waals surface area contributed by atoms with E-state index in [0.29, 0.717) is 44.1 Å². The second kappa shape index (κ2) is 9.83. The van der Waals surface area contributed by atoms with Crippen molar-refractivity contribution in [2.45, 2.75) is 32.4 Å². The van der Waals surface area contributed by atoms with E-state index in [0.717, 1.165) is 29.7 Å². The summed E-state index contributed by atoms with van der Waals surface area (Å²) in [6.07, 6.45) is 1.17. The molecule has 1 aromatic carbocycles. The summed E-state index contributed by atoms with van der Waals surface area (Å²) in [7, 11) is 0. The first kappa shape index (κ1) is 22.8. The molecule has 2 fully saturated rings. The normalized spacial score (nSPS) is 20.1. The molecule has 1 unspecified atom stereocenters. The average Bonchev–Trinajstić information content (AvgIpc) is 3.28. The summed E-state index contributed by atoms with van der Waals surface area (Å²) < 4.78 is 5.33. The van der Waals surface area contributed by atoms with Crippen LogP contribution >= 0.6 is 24.8 Å². The van der Waals surface area contributed by atoms with Crippen LogP contribution in [-0.2, 0) is 4.74 Å². The van der Waals surface area contributed by atoms with Crippen molar-refractivity contribution in [1.29, 1.82) is 0 Å². The van der Waals surface area contributed by atoms with Gasteiger partial charge in [-0.2, -0.15) is 0 Å². The molecule has 0 saturated carbocycles. The van der Waals surface area contributed by atoms with E-state index in [4.69, 9.17) is 4.74 Å². The third-order valence-electron chi connectivity index (χ3n) is 5.47. The Hall–Kier alpha value is -1.47. The molecule has 28 heavy (non-hydrogen) atoms. The van der Waals surface area contributed by atoms with Crippen LogP contribution in [0.25, 0.3) is 10.9 Å². The van der Waals surface area contributed by atoms with Gasteiger partial charge in [0.15, 0.2) is 0 Å². The standard InChI is InChI=1S/C20H28N4O2.2ClH/c1-14(2)24-6-5-17(13-24)21-16-3-4-18-15(11-16)12-19(22-18)20(25)23-7-9-26-10-8-23;;/h3-4,11-12,14,17,21-22H,5-10,13H2,1-2H3;2*1H. The zero-order chi connectivity index (χ0) is 18.1. The summed E-state index contributed by atoms with van der Waals surface area (Å²) in [4.78, 5) is 20.3. The van der Waals surface area contributed by atoms with E-state index in [1.165, 1.54) is 6.42 Å². The Kier molecular flexibility index (Phi) is 8.01. The fraction of sp³-hybridized carbons (Fsp3) is 0.550. The van der Waals surface area contributed by atoms with Gasteiger partial charge in [0.25, 0.3) is 5.91 Å². The Labute approximate surface area is 178 Å². The second-order valence-corrected chi connectivity index (χ2v) is 7.61. The Morgan fingerprint density at radius 1 is 1.18 bits per heavy atom. The third kappa shape index (κ3) is 4.92. The van der Waals surface area contributed by atoms with Crippen LogP contribution < -0.4 is 5.32 Å². The van der Waals surface area contributed by atoms with Crippen LogP contribution in [0.2, 0.25) is 0 Å². The fourth-order valence-electron chi connectivity index (χ4n) is 3.88. The topological polar surface area (TPSA) is 60.6 Å². The first-order valence-corrected chi connectivity index (χ1v) is 9.60. The number of morpholine rings is 1. The molecule has 0 radical (unpaired) electrons. The van der Waals surface area contributed by atoms with Crippen molar-refractivity contribution in [1.82, 2.24) is 14.8 Å². The highest BCUT2D eigenvalue weighted by atomic mass is 35.5. The second-order valence-electron chi connectivity index (χ2n) is 7.61. The number of hydrogen-bond donors (Lipinski definition) is 2. The smallest absolute Gasteiger partial charge is 0.270 e. The zero-order valence-electron chi connectivity index (χ0n) is 16.4. The summed E-state index contributed by atoms with van der Waals surface area (Å²) in [5, 5.41) is 4.73. The lowest BCUT2D eigenvalue weighted by Crippen LogP contribution is -2.40. The maximum Gasteiger partial charge on any atom is 0.270 e. The molecule has 0 bridgehead atoms. The number of carbonyl (C=O) groups excluding carboxylic acids is 1. The minimum Gasteiger partial charge on any atom is -0.381 e. The summed E-state index contributed by atoms with van der Waals surface area (Å²) in [5.41, 5.74) is 2.78. The van der Waals surface area contributed by atoms with Crippen molar-refractivity contribution in [3.8, 4) is 0 Å². The number of nitrogens with zero attached hydrogens (tertiary/aromatic N) is 2. The van der Waals surface area contributed by atoms with Gasteiger partial charge in [-0.25, -0.2) is 0 Å². The van der Waals surface area contributed by atoms with Crippen LogP contribution in [-0.4, -0.2) is 72.2 Å². The van der Waals surface area contributed by atoms with E-state index in [1.807, 2.05) is 11.0 Å². The molecule has 2 aliphatic heterocycles. The first-order chi connectivity index (χ1) is 12.6. The Morgan fingerprint density at radius 2 is 1.93 bits per heavy atom. The third-order valence-corrected chi connectivity index (χ3v) is 5.47. The number of hydrogen-bond acceptors (Lipinski definition) is 4. The molecule has 1 amide bonds. The van der Waals surface area contributed by atoms with Gasteiger partial charge in [-0.05, 0) is 44.5 Å². The van der Waals surface area contributed by atoms with Gasteiger partial charge < -0.3 is 19.9 Å². The summed E-state index contributed by atoms with van der Waals surface area (Å²) in [6.45, 7) is 9.31. The lowest BCUT2D eigenvalue weighted by Gasteiger charge is -2.26. The quantitative estimate of drug-likeness (QED) is 0.783. The molecule has 156 valence electrons. The number of anilines is 1. The number of H-pyrrole nitrogens is 1. The zero-order valence-corrected chi connectivity index (χ0v) is 18.1. The molecule has 3 heterocycles. The number of fused-ring (bicyclic) bond motifs is 1. The number of nitrogens with one attached hydrogen (secondary N) is 2. The van der Waals surface area contributed by atoms with Crippen molar-refractivity contribution in [3.05, 3.63) is 30.0 Å². The lowest BCUT2D eigenvalue weighted by molar-refractivity contribution is 0.0299. The lowest BCUT2D eigenvalue weighted by atomic mass is 10.2. The van der Waals surface area contributed by atoms with Crippen LogP contribution in [0.4, 0.5) is 5.69 Å². The van der Waals surface area contributed by atoms with Crippen LogP contribution in [0.1, 0.15) is 30.8 Å². The first-order valence-electron chi connectivity index (χ1n) is 9.60. The number of ether oxygens (including phenoxy) is 1. The number of aromatic nitrogens is 1. The van der Waals surface area contributed by atoms with E-state index >= 15 is 0 Å². The summed E-state index contributed by atoms with van der Waals surface area (Å²) in [6, 6.07) is 9.35. The van der Waals surface area contributed by atoms with Gasteiger partial charge in [0.1, 0.15) is 5.69 Å². The molecule has 1 atom stereocenters. The van der Waals surface area contributed by atoms with Gasteiger partial charge in [-0.1, -0.05) is 0 Å². The molecule has 0 spiro atoms. The van der Waals surface area contributed by atoms with Crippen molar-refractivity contribution < 1.29 is 9.53 Å². The van der Waals surface area contributed by atoms with Gasteiger partial charge in [-0.15, -0.1) is 24.8 Å². The molecular formula is C20H30Cl2N4O2. The van der Waals surface area contributed by atoms with Gasteiger partial charge in [0.05, 0.1) is 13.2 Å². The average molecular weight is 429 g/mol. The van der Waals surface area contributed by atoms with E-state index in [1.54, 1.807) is 0 Å². The molecule has 6 nitrogen and oxygen atoms in total. The Balaban J connectivity index is 0.00000140. The number of likely N-dealkylation sites (tertiary alicyclic amines) is 1. The van der Waals surface area contributed by atoms with Crippen LogP contribution in [0, 0.1) is 0 Å². The highest BCUT2D eigenvalue weighted by molar-refractivity contribution is 5.98. The van der Waals surface area contributed by atoms with Crippen molar-refractivity contribution in [3.63, 3.8) is 0 Å². The fourth-order valence-corrected chi connectivity index (χ4v) is 3.88. The predicted octanol–water partition coefficient (Wildman–Crippen LogP) is 3.38. The van der Waals surface area contributed by atoms with Gasteiger partial charge in [-0.3, -0.25) is 9.69 Å². The maximum atomic E-state index is 12.7.